The highest BCUT2D eigenvalue weighted by molar-refractivity contribution is 5.82. The molecule has 10 heteroatoms. The fraction of sp³-hybridized carbons (Fsp3) is 0.273. The number of fused-ring (bicyclic) bond motifs is 1. The molecule has 1 aliphatic rings. The van der Waals surface area contributed by atoms with Gasteiger partial charge in [0.2, 0.25) is 0 Å². The Kier molecular flexibility index (Phi) is 6.02. The minimum atomic E-state index is -0.775. The number of rotatable bonds is 5. The van der Waals surface area contributed by atoms with Gasteiger partial charge in [-0.3, -0.25) is 23.9 Å². The van der Waals surface area contributed by atoms with Crippen molar-refractivity contribution < 1.29 is 18.7 Å². The number of hydrogen-bond acceptors (Lipinski definition) is 6. The predicted molar refractivity (Wildman–Crippen MR) is 115 cm³/mol. The molecular weight excluding hydrogens is 419 g/mol. The predicted octanol–water partition coefficient (Wildman–Crippen LogP) is 0.721. The van der Waals surface area contributed by atoms with Crippen LogP contribution in [0.2, 0.25) is 0 Å². The van der Waals surface area contributed by atoms with Gasteiger partial charge in [0.25, 0.3) is 11.5 Å². The Morgan fingerprint density at radius 1 is 0.969 bits per heavy atom. The largest absolute Gasteiger partial charge is 0.454 e. The van der Waals surface area contributed by atoms with Gasteiger partial charge in [0.05, 0.1) is 16.6 Å². The van der Waals surface area contributed by atoms with Crippen LogP contribution in [-0.4, -0.2) is 59.1 Å². The van der Waals surface area contributed by atoms with Crippen LogP contribution in [0.15, 0.2) is 58.1 Å². The first-order valence-electron chi connectivity index (χ1n) is 10.1. The molecule has 1 aliphatic heterocycles. The van der Waals surface area contributed by atoms with Crippen LogP contribution < -0.4 is 16.1 Å². The summed E-state index contributed by atoms with van der Waals surface area (Å²) in [5.41, 5.74) is -0.487. The fourth-order valence-corrected chi connectivity index (χ4v) is 3.71. The number of para-hydroxylation sites is 2. The molecule has 0 aliphatic carbocycles. The molecule has 0 radical (unpaired) electrons. The zero-order valence-electron chi connectivity index (χ0n) is 17.1. The van der Waals surface area contributed by atoms with E-state index in [0.29, 0.717) is 37.4 Å². The molecule has 32 heavy (non-hydrogen) atoms. The van der Waals surface area contributed by atoms with Gasteiger partial charge in [0, 0.05) is 26.2 Å². The van der Waals surface area contributed by atoms with Crippen molar-refractivity contribution in [2.24, 2.45) is 0 Å². The first-order chi connectivity index (χ1) is 15.4. The van der Waals surface area contributed by atoms with Crippen LogP contribution in [0.5, 0.6) is 0 Å². The highest BCUT2D eigenvalue weighted by Gasteiger charge is 2.23. The molecular formula is C22H21FN4O5. The summed E-state index contributed by atoms with van der Waals surface area (Å²) in [7, 11) is 0. The lowest BCUT2D eigenvalue weighted by molar-refractivity contribution is -0.152. The number of H-pyrrole nitrogens is 1. The quantitative estimate of drug-likeness (QED) is 0.587. The molecule has 1 N–H and O–H groups in total. The van der Waals surface area contributed by atoms with Crippen LogP contribution in [0.3, 0.4) is 0 Å². The van der Waals surface area contributed by atoms with Crippen LogP contribution in [-0.2, 0) is 20.9 Å². The van der Waals surface area contributed by atoms with E-state index in [2.05, 4.69) is 4.98 Å². The number of aromatic amines is 1. The molecule has 0 spiro atoms. The highest BCUT2D eigenvalue weighted by Crippen LogP contribution is 2.20. The Hall–Kier alpha value is -3.95. The Balaban J connectivity index is 1.33. The van der Waals surface area contributed by atoms with Crippen molar-refractivity contribution >= 4 is 28.5 Å². The first kappa shape index (κ1) is 21.3. The number of nitrogens with one attached hydrogen (secondary N) is 1. The van der Waals surface area contributed by atoms with Crippen molar-refractivity contribution in [3.8, 4) is 0 Å². The summed E-state index contributed by atoms with van der Waals surface area (Å²) in [6.07, 6.45) is 0. The van der Waals surface area contributed by atoms with Gasteiger partial charge in [-0.1, -0.05) is 24.3 Å². The third-order valence-corrected chi connectivity index (χ3v) is 5.37. The fourth-order valence-electron chi connectivity index (χ4n) is 3.71. The number of carbonyl (C=O) groups excluding carboxylic acids is 2. The van der Waals surface area contributed by atoms with Gasteiger partial charge in [-0.15, -0.1) is 0 Å². The summed E-state index contributed by atoms with van der Waals surface area (Å²) in [5.74, 6) is -1.46. The van der Waals surface area contributed by atoms with Crippen molar-refractivity contribution in [3.63, 3.8) is 0 Å². The average Bonchev–Trinajstić information content (AvgIpc) is 2.80. The number of anilines is 1. The topological polar surface area (TPSA) is 105 Å². The van der Waals surface area contributed by atoms with E-state index in [1.54, 1.807) is 47.4 Å². The van der Waals surface area contributed by atoms with Crippen molar-refractivity contribution in [1.82, 2.24) is 14.5 Å². The summed E-state index contributed by atoms with van der Waals surface area (Å²) in [6, 6.07) is 12.9. The molecule has 2 heterocycles. The molecule has 1 saturated heterocycles. The maximum Gasteiger partial charge on any atom is 0.329 e. The van der Waals surface area contributed by atoms with Crippen molar-refractivity contribution in [3.05, 3.63) is 75.2 Å². The van der Waals surface area contributed by atoms with E-state index in [1.165, 1.54) is 6.07 Å². The second-order valence-electron chi connectivity index (χ2n) is 7.34. The van der Waals surface area contributed by atoms with E-state index < -0.39 is 30.4 Å². The Morgan fingerprint density at radius 3 is 2.41 bits per heavy atom. The molecule has 1 aromatic heterocycles. The molecule has 1 amide bonds. The summed E-state index contributed by atoms with van der Waals surface area (Å²) in [5, 5.41) is 0.267. The molecule has 0 atom stereocenters. The normalized spacial score (nSPS) is 13.9. The van der Waals surface area contributed by atoms with E-state index in [1.807, 2.05) is 4.90 Å². The third kappa shape index (κ3) is 4.39. The molecule has 2 aromatic carbocycles. The van der Waals surface area contributed by atoms with Gasteiger partial charge in [-0.05, 0) is 24.3 Å². The second-order valence-corrected chi connectivity index (χ2v) is 7.34. The number of aromatic nitrogens is 2. The Labute approximate surface area is 181 Å². The van der Waals surface area contributed by atoms with Gasteiger partial charge in [-0.2, -0.15) is 0 Å². The summed E-state index contributed by atoms with van der Waals surface area (Å²) in [6.45, 7) is 0.751. The molecule has 0 unspecified atom stereocenters. The molecule has 9 nitrogen and oxygen atoms in total. The van der Waals surface area contributed by atoms with E-state index in [-0.39, 0.29) is 17.1 Å². The Bertz CT molecular complexity index is 1280. The van der Waals surface area contributed by atoms with Crippen molar-refractivity contribution in [1.29, 1.82) is 0 Å². The minimum Gasteiger partial charge on any atom is -0.454 e. The van der Waals surface area contributed by atoms with E-state index in [4.69, 9.17) is 4.74 Å². The molecule has 166 valence electrons. The average molecular weight is 440 g/mol. The monoisotopic (exact) mass is 440 g/mol. The standard InChI is InChI=1S/C22H21FN4O5/c23-16-6-2-4-8-18(16)25-9-11-26(12-10-25)19(28)14-32-20(29)13-27-17-7-3-1-5-15(17)21(30)24-22(27)31/h1-8H,9-14H2,(H,24,30,31). The number of nitrogens with zero attached hydrogens (tertiary/aromatic N) is 3. The highest BCUT2D eigenvalue weighted by atomic mass is 19.1. The summed E-state index contributed by atoms with van der Waals surface area (Å²) >= 11 is 0. The number of amides is 1. The maximum atomic E-state index is 13.9. The van der Waals surface area contributed by atoms with Crippen molar-refractivity contribution in [2.45, 2.75) is 6.54 Å². The molecule has 1 fully saturated rings. The zero-order valence-corrected chi connectivity index (χ0v) is 17.1. The molecule has 3 aromatic rings. The summed E-state index contributed by atoms with van der Waals surface area (Å²) < 4.78 is 20.1. The van der Waals surface area contributed by atoms with Crippen LogP contribution in [0, 0.1) is 5.82 Å². The lowest BCUT2D eigenvalue weighted by Gasteiger charge is -2.36. The van der Waals surface area contributed by atoms with E-state index in [9.17, 15) is 23.6 Å². The number of carbonyl (C=O) groups is 2. The van der Waals surface area contributed by atoms with Crippen LogP contribution >= 0.6 is 0 Å². The van der Waals surface area contributed by atoms with E-state index >= 15 is 0 Å². The summed E-state index contributed by atoms with van der Waals surface area (Å²) in [4.78, 5) is 54.3. The van der Waals surface area contributed by atoms with Crippen LogP contribution in [0.25, 0.3) is 10.9 Å². The number of hydrogen-bond donors (Lipinski definition) is 1. The van der Waals surface area contributed by atoms with Gasteiger partial charge in [0.1, 0.15) is 12.4 Å². The molecule has 0 saturated carbocycles. The number of halogens is 1. The lowest BCUT2D eigenvalue weighted by atomic mass is 10.2. The van der Waals surface area contributed by atoms with Crippen molar-refractivity contribution in [2.75, 3.05) is 37.7 Å². The van der Waals surface area contributed by atoms with Gasteiger partial charge in [-0.25, -0.2) is 9.18 Å². The minimum absolute atomic E-state index is 0.267. The SMILES string of the molecule is O=C(Cn1c(=O)[nH]c(=O)c2ccccc21)OCC(=O)N1CCN(c2ccccc2F)CC1. The van der Waals surface area contributed by atoms with Crippen LogP contribution in [0.4, 0.5) is 10.1 Å². The third-order valence-electron chi connectivity index (χ3n) is 5.37. The Morgan fingerprint density at radius 2 is 1.66 bits per heavy atom. The van der Waals surface area contributed by atoms with Gasteiger partial charge in [0.15, 0.2) is 6.61 Å². The number of ether oxygens (including phenoxy) is 1. The lowest BCUT2D eigenvalue weighted by Crippen LogP contribution is -2.50. The molecule has 0 bridgehead atoms. The number of esters is 1. The molecule has 4 rings (SSSR count). The second kappa shape index (κ2) is 9.04. The van der Waals surface area contributed by atoms with Crippen LogP contribution in [0.1, 0.15) is 0 Å². The van der Waals surface area contributed by atoms with Gasteiger partial charge < -0.3 is 14.5 Å². The first-order valence-corrected chi connectivity index (χ1v) is 10.1. The van der Waals surface area contributed by atoms with E-state index in [0.717, 1.165) is 4.57 Å². The van der Waals surface area contributed by atoms with Gasteiger partial charge >= 0.3 is 11.7 Å². The maximum absolute atomic E-state index is 13.9. The zero-order chi connectivity index (χ0) is 22.7. The smallest absolute Gasteiger partial charge is 0.329 e. The number of piperazine rings is 1. The number of benzene rings is 2.